The molecule has 0 N–H and O–H groups in total. The Kier molecular flexibility index (Phi) is 8.56. The minimum absolute atomic E-state index is 0.657. The van der Waals surface area contributed by atoms with Crippen LogP contribution in [-0.4, -0.2) is 33.6 Å². The zero-order valence-corrected chi connectivity index (χ0v) is 9.95. The lowest BCUT2D eigenvalue weighted by Crippen LogP contribution is -2.35. The number of unbranched alkanes of at least 4 members (excludes halogenated alkanes) is 4. The quantitative estimate of drug-likeness (QED) is 0.320. The van der Waals surface area contributed by atoms with E-state index in [0.717, 1.165) is 32.0 Å². The zero-order chi connectivity index (χ0) is 11.6. The molecule has 0 rings (SSSR count). The molecule has 0 aliphatic heterocycles. The Morgan fingerprint density at radius 3 is 1.93 bits per heavy atom. The molecule has 0 aliphatic rings. The van der Waals surface area contributed by atoms with Crippen LogP contribution in [0, 0.1) is 0 Å². The summed E-state index contributed by atoms with van der Waals surface area (Å²) in [6.07, 6.45) is 6.38. The number of aldehydes is 1. The molecular weight excluding hydrogens is 196 g/mol. The Labute approximate surface area is 91.9 Å². The number of methoxy groups -OCH3 is 3. The van der Waals surface area contributed by atoms with Gasteiger partial charge >= 0.3 is 0 Å². The normalized spacial score (nSPS) is 11.7. The number of carbonyl (C=O) groups excluding carboxylic acids is 1. The fourth-order valence-electron chi connectivity index (χ4n) is 1.48. The molecule has 0 bridgehead atoms. The molecule has 0 radical (unpaired) electrons. The van der Waals surface area contributed by atoms with Crippen molar-refractivity contribution in [1.29, 1.82) is 0 Å². The lowest BCUT2D eigenvalue weighted by atomic mass is 10.1. The monoisotopic (exact) mass is 218 g/mol. The predicted octanol–water partition coefficient (Wildman–Crippen LogP) is 2.12. The molecule has 0 saturated carbocycles. The highest BCUT2D eigenvalue weighted by Crippen LogP contribution is 2.20. The lowest BCUT2D eigenvalue weighted by molar-refractivity contribution is -0.355. The van der Waals surface area contributed by atoms with E-state index in [-0.39, 0.29) is 0 Å². The van der Waals surface area contributed by atoms with Gasteiger partial charge < -0.3 is 19.0 Å². The Morgan fingerprint density at radius 1 is 0.933 bits per heavy atom. The third-order valence-electron chi connectivity index (χ3n) is 2.49. The average molecular weight is 218 g/mol. The highest BCUT2D eigenvalue weighted by Gasteiger charge is 2.28. The van der Waals surface area contributed by atoms with Crippen molar-refractivity contribution in [2.45, 2.75) is 44.5 Å². The molecule has 0 aromatic carbocycles. The van der Waals surface area contributed by atoms with E-state index in [2.05, 4.69) is 0 Å². The van der Waals surface area contributed by atoms with E-state index in [0.29, 0.717) is 12.8 Å². The van der Waals surface area contributed by atoms with Gasteiger partial charge in [0.25, 0.3) is 5.97 Å². The van der Waals surface area contributed by atoms with Crippen molar-refractivity contribution >= 4 is 6.29 Å². The number of hydrogen-bond acceptors (Lipinski definition) is 4. The molecule has 0 heterocycles. The van der Waals surface area contributed by atoms with Crippen molar-refractivity contribution in [3.63, 3.8) is 0 Å². The van der Waals surface area contributed by atoms with E-state index in [1.165, 1.54) is 0 Å². The first-order chi connectivity index (χ1) is 7.24. The molecule has 0 unspecified atom stereocenters. The SMILES string of the molecule is COC(CCCCCCC=O)(OC)OC. The predicted molar refractivity (Wildman–Crippen MR) is 57.5 cm³/mol. The van der Waals surface area contributed by atoms with E-state index in [4.69, 9.17) is 14.2 Å². The third kappa shape index (κ3) is 5.87. The van der Waals surface area contributed by atoms with Crippen LogP contribution in [0.4, 0.5) is 0 Å². The van der Waals surface area contributed by atoms with E-state index >= 15 is 0 Å². The maximum atomic E-state index is 10.1. The lowest BCUT2D eigenvalue weighted by Gasteiger charge is -2.28. The molecule has 4 nitrogen and oxygen atoms in total. The molecule has 4 heteroatoms. The van der Waals surface area contributed by atoms with Crippen LogP contribution in [0.2, 0.25) is 0 Å². The Hall–Kier alpha value is -0.450. The molecule has 0 amide bonds. The summed E-state index contributed by atoms with van der Waals surface area (Å²) >= 11 is 0. The summed E-state index contributed by atoms with van der Waals surface area (Å²) in [6.45, 7) is 0. The van der Waals surface area contributed by atoms with Gasteiger partial charge in [0.1, 0.15) is 6.29 Å². The van der Waals surface area contributed by atoms with E-state index in [9.17, 15) is 4.79 Å². The zero-order valence-electron chi connectivity index (χ0n) is 9.95. The van der Waals surface area contributed by atoms with Gasteiger partial charge in [0.05, 0.1) is 0 Å². The van der Waals surface area contributed by atoms with Crippen LogP contribution < -0.4 is 0 Å². The first-order valence-electron chi connectivity index (χ1n) is 5.33. The van der Waals surface area contributed by atoms with Crippen LogP contribution in [0.15, 0.2) is 0 Å². The minimum atomic E-state index is -0.898. The Morgan fingerprint density at radius 2 is 1.47 bits per heavy atom. The van der Waals surface area contributed by atoms with Gasteiger partial charge in [-0.25, -0.2) is 0 Å². The van der Waals surface area contributed by atoms with Crippen LogP contribution in [0.3, 0.4) is 0 Å². The number of hydrogen-bond donors (Lipinski definition) is 0. The number of rotatable bonds is 10. The van der Waals surface area contributed by atoms with Crippen molar-refractivity contribution in [2.24, 2.45) is 0 Å². The fraction of sp³-hybridized carbons (Fsp3) is 0.909. The van der Waals surface area contributed by atoms with Crippen molar-refractivity contribution in [3.05, 3.63) is 0 Å². The summed E-state index contributed by atoms with van der Waals surface area (Å²) < 4.78 is 15.5. The van der Waals surface area contributed by atoms with Gasteiger partial charge in [-0.05, 0) is 12.8 Å². The van der Waals surface area contributed by atoms with E-state index in [1.807, 2.05) is 0 Å². The van der Waals surface area contributed by atoms with Gasteiger partial charge in [0.2, 0.25) is 0 Å². The van der Waals surface area contributed by atoms with Gasteiger partial charge in [-0.1, -0.05) is 12.8 Å². The molecule has 0 saturated heterocycles. The Bertz CT molecular complexity index is 146. The van der Waals surface area contributed by atoms with Crippen LogP contribution >= 0.6 is 0 Å². The molecule has 0 atom stereocenters. The van der Waals surface area contributed by atoms with Crippen LogP contribution in [0.1, 0.15) is 38.5 Å². The van der Waals surface area contributed by atoms with Gasteiger partial charge in [-0.2, -0.15) is 0 Å². The summed E-state index contributed by atoms with van der Waals surface area (Å²) in [5.41, 5.74) is 0. The minimum Gasteiger partial charge on any atom is -0.331 e. The first kappa shape index (κ1) is 14.6. The van der Waals surface area contributed by atoms with Gasteiger partial charge in [-0.3, -0.25) is 0 Å². The standard InChI is InChI=1S/C11H22O4/c1-13-11(14-2,15-3)9-7-5-4-6-8-10-12/h10H,4-9H2,1-3H3. The second-order valence-electron chi connectivity index (χ2n) is 3.41. The van der Waals surface area contributed by atoms with Crippen molar-refractivity contribution in [1.82, 2.24) is 0 Å². The maximum absolute atomic E-state index is 10.1. The molecule has 0 aromatic rings. The van der Waals surface area contributed by atoms with Crippen LogP contribution in [-0.2, 0) is 19.0 Å². The summed E-state index contributed by atoms with van der Waals surface area (Å²) in [4.78, 5) is 10.1. The van der Waals surface area contributed by atoms with Crippen LogP contribution in [0.25, 0.3) is 0 Å². The summed E-state index contributed by atoms with van der Waals surface area (Å²) in [5, 5.41) is 0. The average Bonchev–Trinajstić information content (AvgIpc) is 2.29. The topological polar surface area (TPSA) is 44.8 Å². The van der Waals surface area contributed by atoms with Gasteiger partial charge in [0, 0.05) is 34.2 Å². The smallest absolute Gasteiger partial charge is 0.282 e. The molecule has 15 heavy (non-hydrogen) atoms. The highest BCUT2D eigenvalue weighted by molar-refractivity contribution is 5.48. The Balaban J connectivity index is 3.58. The van der Waals surface area contributed by atoms with Gasteiger partial charge in [0.15, 0.2) is 0 Å². The molecule has 90 valence electrons. The van der Waals surface area contributed by atoms with Gasteiger partial charge in [-0.15, -0.1) is 0 Å². The maximum Gasteiger partial charge on any atom is 0.282 e. The van der Waals surface area contributed by atoms with Crippen LogP contribution in [0.5, 0.6) is 0 Å². The second-order valence-corrected chi connectivity index (χ2v) is 3.41. The largest absolute Gasteiger partial charge is 0.331 e. The van der Waals surface area contributed by atoms with Crippen molar-refractivity contribution in [3.8, 4) is 0 Å². The first-order valence-corrected chi connectivity index (χ1v) is 5.33. The van der Waals surface area contributed by atoms with E-state index in [1.54, 1.807) is 21.3 Å². The summed E-state index contributed by atoms with van der Waals surface area (Å²) in [5.74, 6) is -0.898. The second kappa shape index (κ2) is 8.83. The fourth-order valence-corrected chi connectivity index (χ4v) is 1.48. The third-order valence-corrected chi connectivity index (χ3v) is 2.49. The highest BCUT2D eigenvalue weighted by atomic mass is 16.9. The summed E-state index contributed by atoms with van der Waals surface area (Å²) in [7, 11) is 4.71. The molecule has 0 fully saturated rings. The van der Waals surface area contributed by atoms with Crippen molar-refractivity contribution < 1.29 is 19.0 Å². The number of carbonyl (C=O) groups is 1. The summed E-state index contributed by atoms with van der Waals surface area (Å²) in [6, 6.07) is 0. The number of ether oxygens (including phenoxy) is 3. The molecular formula is C11H22O4. The van der Waals surface area contributed by atoms with E-state index < -0.39 is 5.97 Å². The van der Waals surface area contributed by atoms with Crippen molar-refractivity contribution in [2.75, 3.05) is 21.3 Å². The molecule has 0 aromatic heterocycles. The molecule has 0 spiro atoms. The molecule has 0 aliphatic carbocycles.